The van der Waals surface area contributed by atoms with Crippen LogP contribution in [-0.2, 0) is 6.18 Å². The smallest absolute Gasteiger partial charge is 0.357 e. The van der Waals surface area contributed by atoms with Crippen LogP contribution in [0.5, 0.6) is 0 Å². The number of alkyl halides is 3. The van der Waals surface area contributed by atoms with E-state index in [1.807, 2.05) is 6.92 Å². The highest BCUT2D eigenvalue weighted by Gasteiger charge is 2.33. The molecule has 4 nitrogen and oxygen atoms in total. The maximum Gasteiger partial charge on any atom is 0.431 e. The van der Waals surface area contributed by atoms with Crippen LogP contribution in [-0.4, -0.2) is 41.5 Å². The predicted molar refractivity (Wildman–Crippen MR) is 73.0 cm³/mol. The highest BCUT2D eigenvalue weighted by molar-refractivity contribution is 5.94. The molecule has 2 rings (SSSR count). The third kappa shape index (κ3) is 4.49. The number of hydrogen-bond donors (Lipinski definition) is 2. The first kappa shape index (κ1) is 15.9. The Morgan fingerprint density at radius 1 is 1.38 bits per heavy atom. The van der Waals surface area contributed by atoms with Crippen LogP contribution in [0.2, 0.25) is 0 Å². The molecule has 0 aromatic carbocycles. The molecule has 0 saturated carbocycles. The van der Waals surface area contributed by atoms with Gasteiger partial charge in [0.15, 0.2) is 0 Å². The van der Waals surface area contributed by atoms with Crippen LogP contribution in [0.1, 0.15) is 42.2 Å². The van der Waals surface area contributed by atoms with Crippen molar-refractivity contribution in [2.75, 3.05) is 19.6 Å². The fourth-order valence-electron chi connectivity index (χ4n) is 2.57. The van der Waals surface area contributed by atoms with E-state index in [9.17, 15) is 18.0 Å². The Hall–Kier alpha value is -1.50. The van der Waals surface area contributed by atoms with Gasteiger partial charge in [-0.05, 0) is 38.9 Å². The van der Waals surface area contributed by atoms with E-state index in [-0.39, 0.29) is 11.6 Å². The number of rotatable bonds is 4. The molecule has 1 unspecified atom stereocenters. The number of aromatic amines is 1. The van der Waals surface area contributed by atoms with Crippen LogP contribution in [0.4, 0.5) is 13.2 Å². The fourth-order valence-corrected chi connectivity index (χ4v) is 2.57. The van der Waals surface area contributed by atoms with Gasteiger partial charge < -0.3 is 15.2 Å². The number of piperidine rings is 1. The monoisotopic (exact) mass is 303 g/mol. The Morgan fingerprint density at radius 2 is 2.05 bits per heavy atom. The normalized spacial score (nSPS) is 18.5. The fraction of sp³-hybridized carbons (Fsp3) is 0.643. The van der Waals surface area contributed by atoms with Crippen LogP contribution in [0, 0.1) is 0 Å². The number of carbonyl (C=O) groups is 1. The lowest BCUT2D eigenvalue weighted by Gasteiger charge is -2.29. The number of nitrogens with one attached hydrogen (secondary N) is 2. The van der Waals surface area contributed by atoms with E-state index < -0.39 is 17.8 Å². The van der Waals surface area contributed by atoms with Crippen molar-refractivity contribution in [3.8, 4) is 0 Å². The molecule has 1 amide bonds. The summed E-state index contributed by atoms with van der Waals surface area (Å²) in [7, 11) is 0. The summed E-state index contributed by atoms with van der Waals surface area (Å²) < 4.78 is 37.4. The minimum absolute atomic E-state index is 0.00724. The Labute approximate surface area is 121 Å². The van der Waals surface area contributed by atoms with Crippen molar-refractivity contribution in [2.24, 2.45) is 0 Å². The second kappa shape index (κ2) is 6.51. The van der Waals surface area contributed by atoms with E-state index in [4.69, 9.17) is 0 Å². The molecule has 1 saturated heterocycles. The number of H-pyrrole nitrogens is 1. The van der Waals surface area contributed by atoms with E-state index in [0.29, 0.717) is 0 Å². The summed E-state index contributed by atoms with van der Waals surface area (Å²) in [6.07, 6.45) is 0.186. The predicted octanol–water partition coefficient (Wildman–Crippen LogP) is 2.64. The maximum atomic E-state index is 12.5. The van der Waals surface area contributed by atoms with Gasteiger partial charge in [-0.25, -0.2) is 0 Å². The molecule has 2 N–H and O–H groups in total. The molecule has 0 radical (unpaired) electrons. The average molecular weight is 303 g/mol. The summed E-state index contributed by atoms with van der Waals surface area (Å²) in [6, 6.07) is 0.739. The van der Waals surface area contributed by atoms with E-state index in [2.05, 4.69) is 15.2 Å². The number of amides is 1. The van der Waals surface area contributed by atoms with Crippen molar-refractivity contribution < 1.29 is 18.0 Å². The Kier molecular flexibility index (Phi) is 4.92. The lowest BCUT2D eigenvalue weighted by molar-refractivity contribution is -0.140. The Morgan fingerprint density at radius 3 is 2.62 bits per heavy atom. The second-order valence-electron chi connectivity index (χ2n) is 5.54. The molecule has 0 spiro atoms. The molecule has 7 heteroatoms. The summed E-state index contributed by atoms with van der Waals surface area (Å²) in [5.74, 6) is -0.480. The van der Waals surface area contributed by atoms with Gasteiger partial charge >= 0.3 is 6.18 Å². The second-order valence-corrected chi connectivity index (χ2v) is 5.54. The molecule has 1 fully saturated rings. The molecule has 1 aliphatic heterocycles. The van der Waals surface area contributed by atoms with Crippen molar-refractivity contribution >= 4 is 5.91 Å². The number of halogens is 3. The van der Waals surface area contributed by atoms with E-state index >= 15 is 0 Å². The molecular formula is C14H20F3N3O. The first-order valence-corrected chi connectivity index (χ1v) is 7.15. The van der Waals surface area contributed by atoms with Crippen LogP contribution < -0.4 is 5.32 Å². The minimum Gasteiger partial charge on any atom is -0.357 e. The van der Waals surface area contributed by atoms with Gasteiger partial charge in [0.2, 0.25) is 0 Å². The molecule has 2 heterocycles. The summed E-state index contributed by atoms with van der Waals surface area (Å²) in [5, 5.41) is 2.74. The summed E-state index contributed by atoms with van der Waals surface area (Å²) in [5.41, 5.74) is -0.899. The number of aromatic nitrogens is 1. The molecule has 0 bridgehead atoms. The summed E-state index contributed by atoms with van der Waals surface area (Å²) >= 11 is 0. The maximum absolute atomic E-state index is 12.5. The lowest BCUT2D eigenvalue weighted by Crippen LogP contribution is -2.43. The minimum atomic E-state index is -4.46. The van der Waals surface area contributed by atoms with Gasteiger partial charge in [-0.3, -0.25) is 4.79 Å². The van der Waals surface area contributed by atoms with Crippen molar-refractivity contribution in [1.29, 1.82) is 0 Å². The van der Waals surface area contributed by atoms with Crippen LogP contribution >= 0.6 is 0 Å². The molecule has 1 aromatic heterocycles. The third-order valence-electron chi connectivity index (χ3n) is 3.61. The van der Waals surface area contributed by atoms with Gasteiger partial charge in [0.05, 0.1) is 5.56 Å². The molecule has 118 valence electrons. The third-order valence-corrected chi connectivity index (χ3v) is 3.61. The standard InChI is InChI=1S/C14H20F3N3O/c1-10(9-20-5-3-2-4-6-20)19-13(21)11-7-12(18-8-11)14(15,16)17/h7-8,10,18H,2-6,9H2,1H3,(H,19,21). The quantitative estimate of drug-likeness (QED) is 0.898. The first-order valence-electron chi connectivity index (χ1n) is 7.15. The summed E-state index contributed by atoms with van der Waals surface area (Å²) in [4.78, 5) is 16.3. The topological polar surface area (TPSA) is 48.1 Å². The number of likely N-dealkylation sites (tertiary alicyclic amines) is 1. The van der Waals surface area contributed by atoms with Gasteiger partial charge in [-0.1, -0.05) is 6.42 Å². The zero-order chi connectivity index (χ0) is 15.5. The SMILES string of the molecule is CC(CN1CCCCC1)NC(=O)c1c[nH]c(C(F)(F)F)c1. The van der Waals surface area contributed by atoms with E-state index in [1.54, 1.807) is 0 Å². The van der Waals surface area contributed by atoms with Gasteiger partial charge in [0, 0.05) is 18.8 Å². The van der Waals surface area contributed by atoms with Gasteiger partial charge in [0.1, 0.15) is 5.69 Å². The van der Waals surface area contributed by atoms with Crippen molar-refractivity contribution in [1.82, 2.24) is 15.2 Å². The van der Waals surface area contributed by atoms with Gasteiger partial charge in [0.25, 0.3) is 5.91 Å². The molecular weight excluding hydrogens is 283 g/mol. The molecule has 1 aromatic rings. The van der Waals surface area contributed by atoms with Crippen LogP contribution in [0.15, 0.2) is 12.3 Å². The van der Waals surface area contributed by atoms with E-state index in [0.717, 1.165) is 44.7 Å². The van der Waals surface area contributed by atoms with Crippen LogP contribution in [0.25, 0.3) is 0 Å². The highest BCUT2D eigenvalue weighted by Crippen LogP contribution is 2.28. The van der Waals surface area contributed by atoms with Crippen molar-refractivity contribution in [3.05, 3.63) is 23.5 Å². The van der Waals surface area contributed by atoms with Crippen LogP contribution in [0.3, 0.4) is 0 Å². The largest absolute Gasteiger partial charge is 0.431 e. The number of nitrogens with zero attached hydrogens (tertiary/aromatic N) is 1. The first-order chi connectivity index (χ1) is 9.86. The summed E-state index contributed by atoms with van der Waals surface area (Å²) in [6.45, 7) is 4.62. The average Bonchev–Trinajstić information content (AvgIpc) is 2.89. The van der Waals surface area contributed by atoms with E-state index in [1.165, 1.54) is 6.42 Å². The van der Waals surface area contributed by atoms with Gasteiger partial charge in [-0.15, -0.1) is 0 Å². The zero-order valence-electron chi connectivity index (χ0n) is 12.0. The number of carbonyl (C=O) groups excluding carboxylic acids is 1. The molecule has 1 aliphatic rings. The van der Waals surface area contributed by atoms with Crippen molar-refractivity contribution in [3.63, 3.8) is 0 Å². The molecule has 1 atom stereocenters. The molecule has 0 aliphatic carbocycles. The Bertz CT molecular complexity index is 478. The Balaban J connectivity index is 1.87. The number of hydrogen-bond acceptors (Lipinski definition) is 2. The highest BCUT2D eigenvalue weighted by atomic mass is 19.4. The van der Waals surface area contributed by atoms with Gasteiger partial charge in [-0.2, -0.15) is 13.2 Å². The zero-order valence-corrected chi connectivity index (χ0v) is 12.0. The lowest BCUT2D eigenvalue weighted by atomic mass is 10.1. The molecule has 21 heavy (non-hydrogen) atoms. The van der Waals surface area contributed by atoms with Crippen molar-refractivity contribution in [2.45, 2.75) is 38.4 Å².